The van der Waals surface area contributed by atoms with Crippen molar-refractivity contribution < 1.29 is 13.2 Å². The molecular weight excluding hydrogens is 498 g/mol. The van der Waals surface area contributed by atoms with Crippen molar-refractivity contribution in [2.45, 2.75) is 31.4 Å². The van der Waals surface area contributed by atoms with Gasteiger partial charge in [-0.2, -0.15) is 14.3 Å². The lowest BCUT2D eigenvalue weighted by molar-refractivity contribution is -0.115. The number of pyridine rings is 1. The maximum Gasteiger partial charge on any atom is 0.256 e. The average molecular weight is 520 g/mol. The molecule has 5 aromatic rings. The van der Waals surface area contributed by atoms with Gasteiger partial charge in [0.25, 0.3) is 10.0 Å². The third-order valence-electron chi connectivity index (χ3n) is 5.87. The number of nitrogens with one attached hydrogen (secondary N) is 1. The Kier molecular flexibility index (Phi) is 5.41. The van der Waals surface area contributed by atoms with Gasteiger partial charge in [-0.05, 0) is 50.1 Å². The fraction of sp³-hybridized carbons (Fsp3) is 0.208. The van der Waals surface area contributed by atoms with E-state index in [1.165, 1.54) is 12.4 Å². The molecule has 182 valence electrons. The van der Waals surface area contributed by atoms with Gasteiger partial charge in [0.15, 0.2) is 5.82 Å². The lowest BCUT2D eigenvalue weighted by Gasteiger charge is -2.07. The third-order valence-corrected chi connectivity index (χ3v) is 8.70. The number of anilines is 1. The SMILES string of the molecule is Cc1cccc(-n2nc(CC(=O)Nc3cnn(S(=O)(=O)C4CC4)c3)cc2-c2ccc3ncsc3c2)n1. The first-order valence-corrected chi connectivity index (χ1v) is 13.7. The highest BCUT2D eigenvalue weighted by Gasteiger charge is 2.37. The summed E-state index contributed by atoms with van der Waals surface area (Å²) in [7, 11) is -3.49. The van der Waals surface area contributed by atoms with Crippen molar-refractivity contribution in [2.24, 2.45) is 0 Å². The van der Waals surface area contributed by atoms with E-state index in [-0.39, 0.29) is 17.6 Å². The number of carbonyl (C=O) groups excluding carboxylic acids is 1. The number of hydrogen-bond donors (Lipinski definition) is 1. The second-order valence-corrected chi connectivity index (χ2v) is 11.6. The van der Waals surface area contributed by atoms with Crippen LogP contribution in [0.15, 0.2) is 60.4 Å². The van der Waals surface area contributed by atoms with Crippen LogP contribution in [0.1, 0.15) is 24.2 Å². The van der Waals surface area contributed by atoms with Crippen molar-refractivity contribution in [3.63, 3.8) is 0 Å². The van der Waals surface area contributed by atoms with E-state index >= 15 is 0 Å². The minimum Gasteiger partial charge on any atom is -0.323 e. The molecule has 10 nitrogen and oxygen atoms in total. The van der Waals surface area contributed by atoms with Gasteiger partial charge in [0.1, 0.15) is 0 Å². The molecule has 0 atom stereocenters. The van der Waals surface area contributed by atoms with Gasteiger partial charge in [0, 0.05) is 11.3 Å². The number of aryl methyl sites for hydroxylation is 1. The Balaban J connectivity index is 1.29. The van der Waals surface area contributed by atoms with Crippen LogP contribution in [0.5, 0.6) is 0 Å². The molecule has 1 saturated carbocycles. The Bertz CT molecular complexity index is 1710. The van der Waals surface area contributed by atoms with Crippen LogP contribution in [-0.2, 0) is 21.2 Å². The van der Waals surface area contributed by atoms with Crippen LogP contribution >= 0.6 is 11.3 Å². The Hall–Kier alpha value is -3.90. The topological polar surface area (TPSA) is 125 Å². The lowest BCUT2D eigenvalue weighted by Crippen LogP contribution is -2.18. The molecule has 0 aliphatic heterocycles. The number of benzene rings is 1. The van der Waals surface area contributed by atoms with Crippen molar-refractivity contribution in [3.05, 3.63) is 71.8 Å². The monoisotopic (exact) mass is 519 g/mol. The van der Waals surface area contributed by atoms with E-state index < -0.39 is 10.0 Å². The van der Waals surface area contributed by atoms with E-state index in [1.807, 2.05) is 48.8 Å². The van der Waals surface area contributed by atoms with E-state index in [0.717, 1.165) is 31.3 Å². The van der Waals surface area contributed by atoms with Crippen LogP contribution in [0.4, 0.5) is 5.69 Å². The van der Waals surface area contributed by atoms with Crippen molar-refractivity contribution >= 4 is 43.2 Å². The predicted molar refractivity (Wildman–Crippen MR) is 137 cm³/mol. The second kappa shape index (κ2) is 8.64. The summed E-state index contributed by atoms with van der Waals surface area (Å²) in [5, 5.41) is 10.9. The first kappa shape index (κ1) is 22.6. The fourth-order valence-corrected chi connectivity index (χ4v) is 6.15. The van der Waals surface area contributed by atoms with Crippen LogP contribution < -0.4 is 5.32 Å². The van der Waals surface area contributed by atoms with Gasteiger partial charge in [-0.25, -0.2) is 23.1 Å². The molecule has 1 N–H and O–H groups in total. The molecule has 0 bridgehead atoms. The zero-order valence-electron chi connectivity index (χ0n) is 19.2. The normalized spacial score (nSPS) is 13.8. The Labute approximate surface area is 210 Å². The number of thiazole rings is 1. The predicted octanol–water partition coefficient (Wildman–Crippen LogP) is 3.57. The maximum atomic E-state index is 12.8. The number of nitrogens with zero attached hydrogens (tertiary/aromatic N) is 6. The smallest absolute Gasteiger partial charge is 0.256 e. The number of carbonyl (C=O) groups is 1. The minimum atomic E-state index is -3.49. The number of fused-ring (bicyclic) bond motifs is 1. The van der Waals surface area contributed by atoms with Gasteiger partial charge >= 0.3 is 0 Å². The number of amides is 1. The number of rotatable bonds is 7. The summed E-state index contributed by atoms with van der Waals surface area (Å²) in [6.45, 7) is 1.91. The van der Waals surface area contributed by atoms with Crippen LogP contribution in [0.2, 0.25) is 0 Å². The fourth-order valence-electron chi connectivity index (χ4n) is 3.95. The lowest BCUT2D eigenvalue weighted by atomic mass is 10.1. The molecule has 4 heterocycles. The van der Waals surface area contributed by atoms with Crippen LogP contribution in [0.25, 0.3) is 27.3 Å². The zero-order chi connectivity index (χ0) is 24.9. The molecule has 1 fully saturated rings. The van der Waals surface area contributed by atoms with Crippen molar-refractivity contribution in [1.29, 1.82) is 0 Å². The largest absolute Gasteiger partial charge is 0.323 e. The third kappa shape index (κ3) is 4.29. The van der Waals surface area contributed by atoms with Gasteiger partial charge in [-0.3, -0.25) is 4.79 Å². The summed E-state index contributed by atoms with van der Waals surface area (Å²) < 4.78 is 28.4. The first-order valence-electron chi connectivity index (χ1n) is 11.3. The number of aromatic nitrogens is 6. The van der Waals surface area contributed by atoms with Gasteiger partial charge < -0.3 is 5.32 Å². The summed E-state index contributed by atoms with van der Waals surface area (Å²) in [5.41, 5.74) is 6.18. The van der Waals surface area contributed by atoms with E-state index in [9.17, 15) is 13.2 Å². The van der Waals surface area contributed by atoms with Crippen LogP contribution in [-0.4, -0.2) is 48.5 Å². The van der Waals surface area contributed by atoms with Gasteiger partial charge in [-0.1, -0.05) is 12.1 Å². The second-order valence-electron chi connectivity index (χ2n) is 8.68. The molecule has 0 radical (unpaired) electrons. The van der Waals surface area contributed by atoms with Gasteiger partial charge in [0.05, 0.1) is 56.9 Å². The maximum absolute atomic E-state index is 12.8. The quantitative estimate of drug-likeness (QED) is 0.348. The highest BCUT2D eigenvalue weighted by atomic mass is 32.2. The average Bonchev–Trinajstić information content (AvgIpc) is 3.24. The van der Waals surface area contributed by atoms with Crippen molar-refractivity contribution in [3.8, 4) is 17.1 Å². The van der Waals surface area contributed by atoms with Crippen LogP contribution in [0.3, 0.4) is 0 Å². The molecule has 0 spiro atoms. The highest BCUT2D eigenvalue weighted by molar-refractivity contribution is 7.90. The zero-order valence-corrected chi connectivity index (χ0v) is 20.8. The molecule has 1 aromatic carbocycles. The molecular formula is C24H21N7O3S2. The van der Waals surface area contributed by atoms with E-state index in [1.54, 1.807) is 16.0 Å². The summed E-state index contributed by atoms with van der Waals surface area (Å²) in [4.78, 5) is 21.8. The van der Waals surface area contributed by atoms with Gasteiger partial charge in [0.2, 0.25) is 5.91 Å². The molecule has 0 unspecified atom stereocenters. The highest BCUT2D eigenvalue weighted by Crippen LogP contribution is 2.30. The molecule has 1 amide bonds. The van der Waals surface area contributed by atoms with Crippen LogP contribution in [0, 0.1) is 6.92 Å². The molecule has 36 heavy (non-hydrogen) atoms. The molecule has 6 rings (SSSR count). The molecule has 1 aliphatic carbocycles. The van der Waals surface area contributed by atoms with E-state index in [0.29, 0.717) is 30.0 Å². The molecule has 12 heteroatoms. The summed E-state index contributed by atoms with van der Waals surface area (Å²) in [5.74, 6) is 0.317. The molecule has 4 aromatic heterocycles. The molecule has 1 aliphatic rings. The van der Waals surface area contributed by atoms with Crippen molar-refractivity contribution in [1.82, 2.24) is 28.9 Å². The summed E-state index contributed by atoms with van der Waals surface area (Å²) >= 11 is 1.56. The minimum absolute atomic E-state index is 0.00479. The Morgan fingerprint density at radius 3 is 2.86 bits per heavy atom. The molecule has 0 saturated heterocycles. The number of hydrogen-bond acceptors (Lipinski definition) is 8. The standard InChI is InChI=1S/C24H21N7O3S2/c1-15-3-2-4-23(27-15)31-21(16-5-8-20-22(9-16)35-14-25-20)10-17(29-31)11-24(32)28-18-12-26-30(13-18)36(33,34)19-6-7-19/h2-5,8-10,12-14,19H,6-7,11H2,1H3,(H,28,32). The van der Waals surface area contributed by atoms with E-state index in [4.69, 9.17) is 0 Å². The van der Waals surface area contributed by atoms with Crippen molar-refractivity contribution in [2.75, 3.05) is 5.32 Å². The summed E-state index contributed by atoms with van der Waals surface area (Å²) in [6.07, 6.45) is 3.94. The Morgan fingerprint density at radius 2 is 2.06 bits per heavy atom. The Morgan fingerprint density at radius 1 is 1.19 bits per heavy atom. The van der Waals surface area contributed by atoms with E-state index in [2.05, 4.69) is 31.5 Å². The first-order chi connectivity index (χ1) is 17.4. The van der Waals surface area contributed by atoms with Gasteiger partial charge in [-0.15, -0.1) is 11.3 Å². The summed E-state index contributed by atoms with van der Waals surface area (Å²) in [6, 6.07) is 13.5.